The van der Waals surface area contributed by atoms with Crippen molar-refractivity contribution in [2.24, 2.45) is 0 Å². The number of aliphatic hydroxyl groups is 2. The van der Waals surface area contributed by atoms with Crippen LogP contribution in [0.3, 0.4) is 0 Å². The van der Waals surface area contributed by atoms with Crippen molar-refractivity contribution in [3.8, 4) is 0 Å². The fourth-order valence-electron chi connectivity index (χ4n) is 1.99. The quantitative estimate of drug-likeness (QED) is 0.612. The Morgan fingerprint density at radius 3 is 2.22 bits per heavy atom. The molecule has 0 amide bonds. The fourth-order valence-corrected chi connectivity index (χ4v) is 1.99. The van der Waals surface area contributed by atoms with E-state index in [0.29, 0.717) is 0 Å². The summed E-state index contributed by atoms with van der Waals surface area (Å²) in [6.07, 6.45) is 2.38. The van der Waals surface area contributed by atoms with E-state index in [4.69, 9.17) is 15.9 Å². The van der Waals surface area contributed by atoms with E-state index in [0.717, 1.165) is 49.3 Å². The highest BCUT2D eigenvalue weighted by atomic mass is 16.3. The van der Waals surface area contributed by atoms with Crippen LogP contribution < -0.4 is 10.6 Å². The first-order valence-corrected chi connectivity index (χ1v) is 6.58. The van der Waals surface area contributed by atoms with Crippen LogP contribution in [0, 0.1) is 0 Å². The Hall–Kier alpha value is -1.26. The fraction of sp³-hybridized carbons (Fsp3) is 0.571. The second-order valence-electron chi connectivity index (χ2n) is 4.38. The number of hydrogen-bond donors (Lipinski definition) is 3. The molecule has 1 aromatic rings. The SMILES string of the molecule is CCc1cc(N(CCCO)CCCO)ccc1N. The minimum Gasteiger partial charge on any atom is -0.399 e. The maximum absolute atomic E-state index is 8.94. The molecule has 18 heavy (non-hydrogen) atoms. The van der Waals surface area contributed by atoms with Crippen molar-refractivity contribution in [1.29, 1.82) is 0 Å². The third kappa shape index (κ3) is 4.20. The predicted octanol–water partition coefficient (Wildman–Crippen LogP) is 1.40. The number of anilines is 2. The topological polar surface area (TPSA) is 69.7 Å². The summed E-state index contributed by atoms with van der Waals surface area (Å²) in [6, 6.07) is 6.03. The molecular formula is C14H24N2O2. The predicted molar refractivity (Wildman–Crippen MR) is 75.9 cm³/mol. The van der Waals surface area contributed by atoms with Gasteiger partial charge in [0.2, 0.25) is 0 Å². The summed E-state index contributed by atoms with van der Waals surface area (Å²) in [6.45, 7) is 4.05. The molecule has 0 aromatic heterocycles. The van der Waals surface area contributed by atoms with Crippen LogP contribution in [0.25, 0.3) is 0 Å². The summed E-state index contributed by atoms with van der Waals surface area (Å²) in [5, 5.41) is 17.9. The first-order chi connectivity index (χ1) is 8.72. The zero-order chi connectivity index (χ0) is 13.4. The second-order valence-corrected chi connectivity index (χ2v) is 4.38. The minimum absolute atomic E-state index is 0.186. The number of hydrogen-bond acceptors (Lipinski definition) is 4. The van der Waals surface area contributed by atoms with Gasteiger partial charge in [-0.2, -0.15) is 0 Å². The number of aliphatic hydroxyl groups excluding tert-OH is 2. The lowest BCUT2D eigenvalue weighted by Gasteiger charge is -2.25. The lowest BCUT2D eigenvalue weighted by atomic mass is 10.1. The number of nitrogen functional groups attached to an aromatic ring is 1. The number of nitrogens with two attached hydrogens (primary N) is 1. The van der Waals surface area contributed by atoms with Gasteiger partial charge in [-0.1, -0.05) is 6.92 Å². The molecule has 0 saturated carbocycles. The van der Waals surface area contributed by atoms with Crippen LogP contribution in [-0.2, 0) is 6.42 Å². The van der Waals surface area contributed by atoms with E-state index in [2.05, 4.69) is 17.9 Å². The molecule has 1 rings (SSSR count). The van der Waals surface area contributed by atoms with Gasteiger partial charge in [0, 0.05) is 37.7 Å². The standard InChI is InChI=1S/C14H24N2O2/c1-2-12-11-13(5-6-14(12)15)16(7-3-9-17)8-4-10-18/h5-6,11,17-18H,2-4,7-10,15H2,1H3. The largest absolute Gasteiger partial charge is 0.399 e. The van der Waals surface area contributed by atoms with E-state index in [9.17, 15) is 0 Å². The Bertz CT molecular complexity index is 348. The van der Waals surface area contributed by atoms with Gasteiger partial charge >= 0.3 is 0 Å². The van der Waals surface area contributed by atoms with Gasteiger partial charge in [0.1, 0.15) is 0 Å². The summed E-state index contributed by atoms with van der Waals surface area (Å²) >= 11 is 0. The highest BCUT2D eigenvalue weighted by Gasteiger charge is 2.07. The molecular weight excluding hydrogens is 228 g/mol. The summed E-state index contributed by atoms with van der Waals surface area (Å²) in [5.74, 6) is 0. The third-order valence-electron chi connectivity index (χ3n) is 3.04. The van der Waals surface area contributed by atoms with Crippen molar-refractivity contribution in [2.75, 3.05) is 36.9 Å². The minimum atomic E-state index is 0.186. The average Bonchev–Trinajstić information content (AvgIpc) is 2.40. The van der Waals surface area contributed by atoms with E-state index < -0.39 is 0 Å². The van der Waals surface area contributed by atoms with Gasteiger partial charge in [0.25, 0.3) is 0 Å². The summed E-state index contributed by atoms with van der Waals surface area (Å²) in [7, 11) is 0. The summed E-state index contributed by atoms with van der Waals surface area (Å²) in [4.78, 5) is 2.19. The highest BCUT2D eigenvalue weighted by molar-refractivity contribution is 5.58. The molecule has 0 bridgehead atoms. The Balaban J connectivity index is 2.82. The van der Waals surface area contributed by atoms with Crippen molar-refractivity contribution >= 4 is 11.4 Å². The van der Waals surface area contributed by atoms with Crippen LogP contribution in [0.4, 0.5) is 11.4 Å². The van der Waals surface area contributed by atoms with Gasteiger partial charge in [-0.05, 0) is 43.0 Å². The van der Waals surface area contributed by atoms with Gasteiger partial charge in [0.05, 0.1) is 0 Å². The van der Waals surface area contributed by atoms with Crippen LogP contribution in [0.1, 0.15) is 25.3 Å². The first kappa shape index (κ1) is 14.8. The van der Waals surface area contributed by atoms with Gasteiger partial charge in [0.15, 0.2) is 0 Å². The Morgan fingerprint density at radius 1 is 1.11 bits per heavy atom. The lowest BCUT2D eigenvalue weighted by molar-refractivity contribution is 0.282. The number of aryl methyl sites for hydroxylation is 1. The second kappa shape index (κ2) is 7.95. The van der Waals surface area contributed by atoms with Crippen LogP contribution >= 0.6 is 0 Å². The highest BCUT2D eigenvalue weighted by Crippen LogP contribution is 2.22. The maximum atomic E-state index is 8.94. The molecule has 0 aliphatic heterocycles. The molecule has 4 nitrogen and oxygen atoms in total. The molecule has 0 spiro atoms. The Kier molecular flexibility index (Phi) is 6.54. The lowest BCUT2D eigenvalue weighted by Crippen LogP contribution is -2.27. The van der Waals surface area contributed by atoms with Gasteiger partial charge in [-0.3, -0.25) is 0 Å². The van der Waals surface area contributed by atoms with Gasteiger partial charge < -0.3 is 20.8 Å². The Morgan fingerprint density at radius 2 is 1.72 bits per heavy atom. The van der Waals surface area contributed by atoms with Crippen LogP contribution in [0.2, 0.25) is 0 Å². The summed E-state index contributed by atoms with van der Waals surface area (Å²) < 4.78 is 0. The first-order valence-electron chi connectivity index (χ1n) is 6.58. The number of nitrogens with zero attached hydrogens (tertiary/aromatic N) is 1. The van der Waals surface area contributed by atoms with Crippen molar-refractivity contribution in [1.82, 2.24) is 0 Å². The molecule has 1 aromatic carbocycles. The van der Waals surface area contributed by atoms with Crippen molar-refractivity contribution in [3.63, 3.8) is 0 Å². The van der Waals surface area contributed by atoms with Crippen LogP contribution in [0.5, 0.6) is 0 Å². The van der Waals surface area contributed by atoms with E-state index in [1.54, 1.807) is 0 Å². The zero-order valence-corrected chi connectivity index (χ0v) is 11.1. The molecule has 0 heterocycles. The Labute approximate surface area is 109 Å². The summed E-state index contributed by atoms with van der Waals surface area (Å²) in [5.41, 5.74) is 8.98. The maximum Gasteiger partial charge on any atom is 0.0447 e. The van der Waals surface area contributed by atoms with E-state index in [-0.39, 0.29) is 13.2 Å². The molecule has 0 aliphatic rings. The number of rotatable bonds is 8. The molecule has 0 atom stereocenters. The molecule has 0 saturated heterocycles. The molecule has 0 unspecified atom stereocenters. The average molecular weight is 252 g/mol. The number of benzene rings is 1. The molecule has 4 heteroatoms. The van der Waals surface area contributed by atoms with E-state index in [1.807, 2.05) is 12.1 Å². The smallest absolute Gasteiger partial charge is 0.0447 e. The molecule has 0 fully saturated rings. The zero-order valence-electron chi connectivity index (χ0n) is 11.1. The van der Waals surface area contributed by atoms with E-state index in [1.165, 1.54) is 0 Å². The monoisotopic (exact) mass is 252 g/mol. The van der Waals surface area contributed by atoms with E-state index >= 15 is 0 Å². The van der Waals surface area contributed by atoms with Crippen molar-refractivity contribution in [2.45, 2.75) is 26.2 Å². The molecule has 0 aliphatic carbocycles. The van der Waals surface area contributed by atoms with Gasteiger partial charge in [-0.15, -0.1) is 0 Å². The van der Waals surface area contributed by atoms with Crippen LogP contribution in [-0.4, -0.2) is 36.5 Å². The molecule has 4 N–H and O–H groups in total. The third-order valence-corrected chi connectivity index (χ3v) is 3.04. The molecule has 0 radical (unpaired) electrons. The van der Waals surface area contributed by atoms with Crippen LogP contribution in [0.15, 0.2) is 18.2 Å². The van der Waals surface area contributed by atoms with Crippen molar-refractivity contribution in [3.05, 3.63) is 23.8 Å². The van der Waals surface area contributed by atoms with Crippen molar-refractivity contribution < 1.29 is 10.2 Å². The molecule has 102 valence electrons. The normalized spacial score (nSPS) is 10.6. The van der Waals surface area contributed by atoms with Gasteiger partial charge in [-0.25, -0.2) is 0 Å².